The molecule has 3 amide bonds. The number of methoxy groups -OCH3 is 1. The highest BCUT2D eigenvalue weighted by molar-refractivity contribution is 5.96. The minimum Gasteiger partial charge on any atom is -0.508 e. The van der Waals surface area contributed by atoms with Crippen LogP contribution in [0.15, 0.2) is 54.7 Å². The number of benzene rings is 2. The van der Waals surface area contributed by atoms with Crippen molar-refractivity contribution in [1.82, 2.24) is 30.2 Å². The maximum Gasteiger partial charge on any atom is 0.324 e. The molecule has 0 spiro atoms. The molecule has 0 aliphatic carbocycles. The van der Waals surface area contributed by atoms with E-state index in [2.05, 4.69) is 54.3 Å². The van der Waals surface area contributed by atoms with E-state index in [4.69, 9.17) is 24.9 Å². The molecule has 15 nitrogen and oxygen atoms in total. The van der Waals surface area contributed by atoms with Crippen LogP contribution in [0.2, 0.25) is 0 Å². The highest BCUT2D eigenvalue weighted by Gasteiger charge is 2.41. The normalized spacial score (nSPS) is 22.7. The number of aryl methyl sites for hydroxylation is 1. The predicted octanol–water partition coefficient (Wildman–Crippen LogP) is 4.91. The average molecular weight is 866 g/mol. The number of carbonyl (C=O) groups is 4. The lowest BCUT2D eigenvalue weighted by molar-refractivity contribution is -0.155. The van der Waals surface area contributed by atoms with Gasteiger partial charge in [0.05, 0.1) is 43.2 Å². The van der Waals surface area contributed by atoms with Crippen LogP contribution in [0.4, 0.5) is 0 Å². The SMILES string of the molecule is CCn1c(-c2cccnc2[C@H](C)OC)c2c3cc(ccc31)-c1cc(O)cc(c1)C[C@H](NC(=O)[C@H](C(C)C)N(C)C(=O)[C@@H]1COC[C@@H]1N)C(=O)N1CCC[C@H](N1)C(=O)OCC(C)(C)C2. The van der Waals surface area contributed by atoms with Crippen LogP contribution < -0.4 is 16.5 Å². The van der Waals surface area contributed by atoms with Gasteiger partial charge in [0.2, 0.25) is 11.8 Å². The smallest absolute Gasteiger partial charge is 0.324 e. The number of hydrogen-bond acceptors (Lipinski definition) is 11. The molecule has 2 fully saturated rings. The van der Waals surface area contributed by atoms with Gasteiger partial charge in [-0.3, -0.25) is 29.2 Å². The molecule has 63 heavy (non-hydrogen) atoms. The summed E-state index contributed by atoms with van der Waals surface area (Å²) in [6, 6.07) is 12.1. The molecule has 7 rings (SSSR count). The molecular weight excluding hydrogens is 803 g/mol. The van der Waals surface area contributed by atoms with Crippen molar-refractivity contribution in [3.8, 4) is 28.1 Å². The van der Waals surface area contributed by atoms with Gasteiger partial charge >= 0.3 is 5.97 Å². The molecule has 2 saturated heterocycles. The summed E-state index contributed by atoms with van der Waals surface area (Å²) < 4.78 is 19.6. The van der Waals surface area contributed by atoms with E-state index in [1.807, 2.05) is 39.0 Å². The summed E-state index contributed by atoms with van der Waals surface area (Å²) in [5.41, 5.74) is 15.8. The number of nitrogens with two attached hydrogens (primary N) is 1. The highest BCUT2D eigenvalue weighted by Crippen LogP contribution is 2.42. The van der Waals surface area contributed by atoms with E-state index in [0.717, 1.165) is 44.5 Å². The van der Waals surface area contributed by atoms with E-state index in [0.29, 0.717) is 31.4 Å². The molecule has 3 aliphatic heterocycles. The highest BCUT2D eigenvalue weighted by atomic mass is 16.5. The Bertz CT molecular complexity index is 2360. The summed E-state index contributed by atoms with van der Waals surface area (Å²) in [6.45, 7) is 13.4. The Balaban J connectivity index is 1.34. The van der Waals surface area contributed by atoms with Crippen molar-refractivity contribution in [2.45, 2.75) is 104 Å². The first-order valence-corrected chi connectivity index (χ1v) is 22.1. The number of nitrogens with one attached hydrogen (secondary N) is 2. The van der Waals surface area contributed by atoms with Crippen molar-refractivity contribution in [3.63, 3.8) is 0 Å². The lowest BCUT2D eigenvalue weighted by Gasteiger charge is -2.37. The molecule has 6 atom stereocenters. The second-order valence-corrected chi connectivity index (χ2v) is 18.5. The lowest BCUT2D eigenvalue weighted by Crippen LogP contribution is -2.62. The number of amides is 3. The molecule has 5 heterocycles. The molecule has 0 unspecified atom stereocenters. The van der Waals surface area contributed by atoms with Gasteiger partial charge in [-0.2, -0.15) is 0 Å². The zero-order valence-corrected chi connectivity index (χ0v) is 37.8. The van der Waals surface area contributed by atoms with E-state index in [1.165, 1.54) is 9.91 Å². The second kappa shape index (κ2) is 18.8. The molecule has 3 aliphatic rings. The molecular formula is C48H63N7O8. The van der Waals surface area contributed by atoms with Crippen LogP contribution in [0.5, 0.6) is 5.75 Å². The van der Waals surface area contributed by atoms with Crippen molar-refractivity contribution in [2.24, 2.45) is 23.0 Å². The number of rotatable bonds is 9. The summed E-state index contributed by atoms with van der Waals surface area (Å²) in [6.07, 6.45) is 3.01. The van der Waals surface area contributed by atoms with Gasteiger partial charge in [0.25, 0.3) is 5.91 Å². The number of hydrogen-bond donors (Lipinski definition) is 4. The molecule has 0 saturated carbocycles. The molecule has 5 N–H and O–H groups in total. The molecule has 338 valence electrons. The van der Waals surface area contributed by atoms with Crippen LogP contribution in [-0.4, -0.2) is 113 Å². The molecule has 0 radical (unpaired) electrons. The number of pyridine rings is 1. The number of phenolic OH excluding ortho intramolecular Hbond substituents is 1. The second-order valence-electron chi connectivity index (χ2n) is 18.5. The van der Waals surface area contributed by atoms with Gasteiger partial charge in [-0.15, -0.1) is 0 Å². The first-order chi connectivity index (χ1) is 30.0. The molecule has 6 bridgehead atoms. The van der Waals surface area contributed by atoms with Crippen LogP contribution in [0.1, 0.15) is 77.3 Å². The monoisotopic (exact) mass is 865 g/mol. The Morgan fingerprint density at radius 2 is 1.89 bits per heavy atom. The fourth-order valence-electron chi connectivity index (χ4n) is 9.47. The van der Waals surface area contributed by atoms with E-state index in [9.17, 15) is 24.3 Å². The van der Waals surface area contributed by atoms with Gasteiger partial charge in [0, 0.05) is 67.8 Å². The van der Waals surface area contributed by atoms with Crippen molar-refractivity contribution < 1.29 is 38.5 Å². The van der Waals surface area contributed by atoms with E-state index >= 15 is 0 Å². The number of aromatic hydroxyl groups is 1. The number of aromatic nitrogens is 2. The molecule has 2 aromatic carbocycles. The first-order valence-electron chi connectivity index (χ1n) is 22.1. The fraction of sp³-hybridized carbons (Fsp3) is 0.521. The van der Waals surface area contributed by atoms with Crippen molar-refractivity contribution in [3.05, 3.63) is 71.5 Å². The summed E-state index contributed by atoms with van der Waals surface area (Å²) in [4.78, 5) is 62.8. The summed E-state index contributed by atoms with van der Waals surface area (Å²) in [7, 11) is 3.25. The molecule has 2 aromatic heterocycles. The third-order valence-corrected chi connectivity index (χ3v) is 12.8. The Morgan fingerprint density at radius 1 is 1.11 bits per heavy atom. The number of fused-ring (bicyclic) bond motifs is 6. The van der Waals surface area contributed by atoms with Crippen LogP contribution in [-0.2, 0) is 52.8 Å². The topological polar surface area (TPSA) is 191 Å². The van der Waals surface area contributed by atoms with E-state index in [-0.39, 0.29) is 56.5 Å². The van der Waals surface area contributed by atoms with Gasteiger partial charge in [-0.1, -0.05) is 39.8 Å². The van der Waals surface area contributed by atoms with Crippen molar-refractivity contribution >= 4 is 34.6 Å². The maximum atomic E-state index is 14.6. The largest absolute Gasteiger partial charge is 0.508 e. The number of carbonyl (C=O) groups excluding carboxylic acids is 4. The Labute approximate surface area is 369 Å². The molecule has 15 heteroatoms. The van der Waals surface area contributed by atoms with Gasteiger partial charge in [0.1, 0.15) is 23.9 Å². The Morgan fingerprint density at radius 3 is 2.59 bits per heavy atom. The Hall–Kier alpha value is -5.35. The van der Waals surface area contributed by atoms with Gasteiger partial charge in [-0.25, -0.2) is 5.43 Å². The standard InChI is InChI=1S/C48H63N7O8/c1-9-54-40-15-14-30-22-34(40)35(43(54)33-12-10-16-50-41(33)28(4)61-8)23-48(5,6)26-63-47(60)38-13-11-17-55(52-38)46(59)39(20-29-18-31(30)21-32(56)19-29)51-44(57)42(27(2)3)53(7)45(58)36-24-62-25-37(36)49/h10,12,14-16,18-19,21-22,27-28,36-39,42,52,56H,9,11,13,17,20,23-26,49H2,1-8H3,(H,51,57)/t28-,36+,37-,38-,39-,42-/m0/s1. The predicted molar refractivity (Wildman–Crippen MR) is 239 cm³/mol. The summed E-state index contributed by atoms with van der Waals surface area (Å²) >= 11 is 0. The molecule has 4 aromatic rings. The van der Waals surface area contributed by atoms with Gasteiger partial charge in [0.15, 0.2) is 0 Å². The summed E-state index contributed by atoms with van der Waals surface area (Å²) in [5, 5.41) is 16.7. The summed E-state index contributed by atoms with van der Waals surface area (Å²) in [5.74, 6) is -2.70. The zero-order chi connectivity index (χ0) is 45.3. The zero-order valence-electron chi connectivity index (χ0n) is 37.8. The van der Waals surface area contributed by atoms with Crippen molar-refractivity contribution in [1.29, 1.82) is 0 Å². The van der Waals surface area contributed by atoms with Gasteiger partial charge < -0.3 is 39.8 Å². The third kappa shape index (κ3) is 9.47. The fourth-order valence-corrected chi connectivity index (χ4v) is 9.47. The quantitative estimate of drug-likeness (QED) is 0.167. The number of cyclic esters (lactones) is 1. The minimum absolute atomic E-state index is 0.00257. The van der Waals surface area contributed by atoms with Crippen LogP contribution >= 0.6 is 0 Å². The van der Waals surface area contributed by atoms with Gasteiger partial charge in [-0.05, 0) is 97.7 Å². The number of phenols is 1. The average Bonchev–Trinajstić information content (AvgIpc) is 3.83. The number of nitrogens with zero attached hydrogens (tertiary/aromatic N) is 4. The minimum atomic E-state index is -1.15. The number of hydrazine groups is 1. The number of likely N-dealkylation sites (N-methyl/N-ethyl adjacent to an activating group) is 1. The third-order valence-electron chi connectivity index (χ3n) is 12.8. The maximum absolute atomic E-state index is 14.6. The number of ether oxygens (including phenoxy) is 3. The van der Waals surface area contributed by atoms with Crippen LogP contribution in [0, 0.1) is 17.3 Å². The Kier molecular flexibility index (Phi) is 13.6. The number of esters is 1. The van der Waals surface area contributed by atoms with Crippen molar-refractivity contribution in [2.75, 3.05) is 40.5 Å². The van der Waals surface area contributed by atoms with E-state index < -0.39 is 53.3 Å². The lowest BCUT2D eigenvalue weighted by atomic mass is 9.84. The van der Waals surface area contributed by atoms with Crippen LogP contribution in [0.3, 0.4) is 0 Å². The van der Waals surface area contributed by atoms with Crippen LogP contribution in [0.25, 0.3) is 33.3 Å². The van der Waals surface area contributed by atoms with E-state index in [1.54, 1.807) is 32.5 Å². The first kappa shape index (κ1) is 45.7.